The lowest BCUT2D eigenvalue weighted by Gasteiger charge is -2.24. The van der Waals surface area contributed by atoms with Gasteiger partial charge in [-0.15, -0.1) is 0 Å². The molecule has 6 nitrogen and oxygen atoms in total. The molecule has 20 heavy (non-hydrogen) atoms. The van der Waals surface area contributed by atoms with Crippen molar-refractivity contribution in [2.75, 3.05) is 13.2 Å². The van der Waals surface area contributed by atoms with Crippen LogP contribution in [0.4, 0.5) is 0 Å². The summed E-state index contributed by atoms with van der Waals surface area (Å²) in [5, 5.41) is 8.58. The van der Waals surface area contributed by atoms with Gasteiger partial charge in [-0.1, -0.05) is 18.2 Å². The minimum atomic E-state index is -1.03. The fourth-order valence-electron chi connectivity index (χ4n) is 1.84. The Morgan fingerprint density at radius 2 is 2.00 bits per heavy atom. The largest absolute Gasteiger partial charge is 0.478 e. The first-order valence-electron chi connectivity index (χ1n) is 5.97. The molecule has 0 saturated carbocycles. The monoisotopic (exact) mass is 275 g/mol. The van der Waals surface area contributed by atoms with Gasteiger partial charge in [0.15, 0.2) is 0 Å². The van der Waals surface area contributed by atoms with Crippen LogP contribution in [-0.4, -0.2) is 41.0 Å². The fraction of sp³-hybridized carbons (Fsp3) is 0.214. The standard InChI is InChI=1S/C14H13NO5/c16-12-8-20-9-13(17)15(12)7-11-3-1-2-10(6-11)4-5-14(18)19/h1-6H,7-9H2,(H,18,19). The van der Waals surface area contributed by atoms with Crippen LogP contribution in [-0.2, 0) is 25.7 Å². The average molecular weight is 275 g/mol. The van der Waals surface area contributed by atoms with E-state index < -0.39 is 5.97 Å². The van der Waals surface area contributed by atoms with E-state index in [-0.39, 0.29) is 31.6 Å². The number of amides is 2. The van der Waals surface area contributed by atoms with Gasteiger partial charge < -0.3 is 9.84 Å². The topological polar surface area (TPSA) is 83.9 Å². The zero-order chi connectivity index (χ0) is 14.5. The van der Waals surface area contributed by atoms with Crippen LogP contribution in [0, 0.1) is 0 Å². The third kappa shape index (κ3) is 3.52. The van der Waals surface area contributed by atoms with Crippen LogP contribution >= 0.6 is 0 Å². The lowest BCUT2D eigenvalue weighted by molar-refractivity contribution is -0.159. The Kier molecular flexibility index (Phi) is 4.27. The smallest absolute Gasteiger partial charge is 0.328 e. The number of carboxylic acids is 1. The van der Waals surface area contributed by atoms with Crippen molar-refractivity contribution >= 4 is 23.9 Å². The molecular formula is C14H13NO5. The van der Waals surface area contributed by atoms with Crippen molar-refractivity contribution in [2.45, 2.75) is 6.54 Å². The summed E-state index contributed by atoms with van der Waals surface area (Å²) >= 11 is 0. The number of carbonyl (C=O) groups is 3. The third-order valence-corrected chi connectivity index (χ3v) is 2.76. The zero-order valence-corrected chi connectivity index (χ0v) is 10.6. The molecule has 2 amide bonds. The molecule has 1 saturated heterocycles. The molecule has 1 aromatic rings. The summed E-state index contributed by atoms with van der Waals surface area (Å²) in [5.74, 6) is -1.77. The summed E-state index contributed by atoms with van der Waals surface area (Å²) in [5.41, 5.74) is 1.44. The predicted octanol–water partition coefficient (Wildman–Crippen LogP) is 0.670. The van der Waals surface area contributed by atoms with Gasteiger partial charge in [-0.3, -0.25) is 14.5 Å². The normalized spacial score (nSPS) is 15.9. The summed E-state index contributed by atoms with van der Waals surface area (Å²) in [6, 6.07) is 6.99. The van der Waals surface area contributed by atoms with Gasteiger partial charge in [-0.05, 0) is 23.3 Å². The second-order valence-electron chi connectivity index (χ2n) is 4.28. The molecule has 0 unspecified atom stereocenters. The first-order valence-corrected chi connectivity index (χ1v) is 5.97. The van der Waals surface area contributed by atoms with Crippen LogP contribution in [0.1, 0.15) is 11.1 Å². The van der Waals surface area contributed by atoms with Crippen molar-refractivity contribution in [3.05, 3.63) is 41.5 Å². The Hall–Kier alpha value is -2.47. The highest BCUT2D eigenvalue weighted by Crippen LogP contribution is 2.12. The summed E-state index contributed by atoms with van der Waals surface area (Å²) in [6.07, 6.45) is 2.49. The van der Waals surface area contributed by atoms with Gasteiger partial charge in [0.2, 0.25) is 0 Å². The molecule has 0 atom stereocenters. The highest BCUT2D eigenvalue weighted by molar-refractivity contribution is 5.98. The molecule has 0 aromatic heterocycles. The molecule has 6 heteroatoms. The summed E-state index contributed by atoms with van der Waals surface area (Å²) < 4.78 is 4.83. The number of hydrogen-bond acceptors (Lipinski definition) is 4. The summed E-state index contributed by atoms with van der Waals surface area (Å²) in [4.78, 5) is 34.8. The predicted molar refractivity (Wildman–Crippen MR) is 69.5 cm³/mol. The lowest BCUT2D eigenvalue weighted by Crippen LogP contribution is -2.45. The van der Waals surface area contributed by atoms with Crippen LogP contribution in [0.3, 0.4) is 0 Å². The van der Waals surface area contributed by atoms with E-state index in [1.807, 2.05) is 0 Å². The van der Waals surface area contributed by atoms with Gasteiger partial charge >= 0.3 is 5.97 Å². The van der Waals surface area contributed by atoms with Crippen LogP contribution in [0.5, 0.6) is 0 Å². The molecular weight excluding hydrogens is 262 g/mol. The number of morpholine rings is 1. The van der Waals surface area contributed by atoms with E-state index in [1.165, 1.54) is 6.08 Å². The number of ether oxygens (including phenoxy) is 1. The van der Waals surface area contributed by atoms with Crippen LogP contribution in [0.15, 0.2) is 30.3 Å². The van der Waals surface area contributed by atoms with E-state index in [0.717, 1.165) is 16.5 Å². The SMILES string of the molecule is O=C(O)C=Cc1cccc(CN2C(=O)COCC2=O)c1. The second-order valence-corrected chi connectivity index (χ2v) is 4.28. The molecule has 0 radical (unpaired) electrons. The van der Waals surface area contributed by atoms with Gasteiger partial charge in [0.25, 0.3) is 11.8 Å². The van der Waals surface area contributed by atoms with E-state index in [2.05, 4.69) is 0 Å². The van der Waals surface area contributed by atoms with Crippen molar-refractivity contribution in [2.24, 2.45) is 0 Å². The molecule has 2 rings (SSSR count). The van der Waals surface area contributed by atoms with Gasteiger partial charge in [0.05, 0.1) is 6.54 Å². The summed E-state index contributed by atoms with van der Waals surface area (Å²) in [7, 11) is 0. The number of hydrogen-bond donors (Lipinski definition) is 1. The number of aliphatic carboxylic acids is 1. The minimum absolute atomic E-state index is 0.0929. The molecule has 0 aliphatic carbocycles. The van der Waals surface area contributed by atoms with Gasteiger partial charge in [-0.25, -0.2) is 4.79 Å². The number of imide groups is 1. The van der Waals surface area contributed by atoms with Gasteiger partial charge in [-0.2, -0.15) is 0 Å². The molecule has 1 heterocycles. The molecule has 1 aliphatic rings. The first-order chi connectivity index (χ1) is 9.56. The Labute approximate surface area is 115 Å². The van der Waals surface area contributed by atoms with Crippen molar-refractivity contribution in [1.82, 2.24) is 4.90 Å². The highest BCUT2D eigenvalue weighted by atomic mass is 16.5. The van der Waals surface area contributed by atoms with Crippen molar-refractivity contribution in [3.63, 3.8) is 0 Å². The number of nitrogens with zero attached hydrogens (tertiary/aromatic N) is 1. The van der Waals surface area contributed by atoms with Crippen molar-refractivity contribution < 1.29 is 24.2 Å². The third-order valence-electron chi connectivity index (χ3n) is 2.76. The highest BCUT2D eigenvalue weighted by Gasteiger charge is 2.26. The number of rotatable bonds is 4. The average Bonchev–Trinajstić information content (AvgIpc) is 2.41. The number of carboxylic acid groups (broad SMARTS) is 1. The Balaban J connectivity index is 2.13. The summed E-state index contributed by atoms with van der Waals surface area (Å²) in [6.45, 7) is -0.0233. The zero-order valence-electron chi connectivity index (χ0n) is 10.6. The van der Waals surface area contributed by atoms with Crippen molar-refractivity contribution in [3.8, 4) is 0 Å². The Morgan fingerprint density at radius 3 is 2.65 bits per heavy atom. The Bertz CT molecular complexity index is 563. The maximum atomic E-state index is 11.6. The van der Waals surface area contributed by atoms with E-state index in [1.54, 1.807) is 24.3 Å². The van der Waals surface area contributed by atoms with Crippen LogP contribution in [0.25, 0.3) is 6.08 Å². The van der Waals surface area contributed by atoms with E-state index >= 15 is 0 Å². The number of carbonyl (C=O) groups excluding carboxylic acids is 2. The molecule has 0 spiro atoms. The molecule has 104 valence electrons. The van der Waals surface area contributed by atoms with E-state index in [9.17, 15) is 14.4 Å². The Morgan fingerprint density at radius 1 is 1.30 bits per heavy atom. The van der Waals surface area contributed by atoms with E-state index in [0.29, 0.717) is 5.56 Å². The molecule has 1 fully saturated rings. The minimum Gasteiger partial charge on any atom is -0.478 e. The molecule has 1 aromatic carbocycles. The fourth-order valence-corrected chi connectivity index (χ4v) is 1.84. The number of benzene rings is 1. The molecule has 1 N–H and O–H groups in total. The van der Waals surface area contributed by atoms with E-state index in [4.69, 9.17) is 9.84 Å². The maximum absolute atomic E-state index is 11.6. The van der Waals surface area contributed by atoms with Crippen LogP contribution < -0.4 is 0 Å². The molecule has 0 bridgehead atoms. The maximum Gasteiger partial charge on any atom is 0.328 e. The quantitative estimate of drug-likeness (QED) is 0.645. The van der Waals surface area contributed by atoms with Crippen molar-refractivity contribution in [1.29, 1.82) is 0 Å². The lowest BCUT2D eigenvalue weighted by atomic mass is 10.1. The van der Waals surface area contributed by atoms with Gasteiger partial charge in [0, 0.05) is 6.08 Å². The van der Waals surface area contributed by atoms with Crippen LogP contribution in [0.2, 0.25) is 0 Å². The molecule has 1 aliphatic heterocycles. The second kappa shape index (κ2) is 6.12. The first kappa shape index (κ1) is 14.0. The van der Waals surface area contributed by atoms with Gasteiger partial charge in [0.1, 0.15) is 13.2 Å².